The maximum atomic E-state index is 13.2. The van der Waals surface area contributed by atoms with Crippen molar-refractivity contribution in [3.8, 4) is 0 Å². The minimum atomic E-state index is -3.64. The van der Waals surface area contributed by atoms with Gasteiger partial charge < -0.3 is 5.11 Å². The Hall–Kier alpha value is -1.76. The highest BCUT2D eigenvalue weighted by Crippen LogP contribution is 2.14. The Labute approximate surface area is 129 Å². The number of aliphatic hydroxyl groups is 1. The van der Waals surface area contributed by atoms with Crippen LogP contribution in [0.1, 0.15) is 16.7 Å². The molecule has 4 nitrogen and oxygen atoms in total. The lowest BCUT2D eigenvalue weighted by molar-refractivity contribution is 0.282. The number of rotatable bonds is 6. The van der Waals surface area contributed by atoms with Gasteiger partial charge in [0.2, 0.25) is 10.0 Å². The lowest BCUT2D eigenvalue weighted by atomic mass is 10.1. The van der Waals surface area contributed by atoms with Crippen LogP contribution in [0, 0.1) is 12.7 Å². The van der Waals surface area contributed by atoms with Crippen molar-refractivity contribution in [3.05, 3.63) is 65.0 Å². The molecule has 0 fully saturated rings. The van der Waals surface area contributed by atoms with Crippen LogP contribution in [0.4, 0.5) is 4.39 Å². The van der Waals surface area contributed by atoms with Gasteiger partial charge >= 0.3 is 0 Å². The van der Waals surface area contributed by atoms with E-state index in [1.54, 1.807) is 12.1 Å². The topological polar surface area (TPSA) is 66.4 Å². The molecule has 0 aliphatic rings. The minimum Gasteiger partial charge on any atom is -0.392 e. The fourth-order valence-electron chi connectivity index (χ4n) is 2.01. The van der Waals surface area contributed by atoms with Crippen molar-refractivity contribution in [2.45, 2.75) is 24.8 Å². The molecule has 0 bridgehead atoms. The second-order valence-electron chi connectivity index (χ2n) is 5.03. The Morgan fingerprint density at radius 2 is 1.73 bits per heavy atom. The fraction of sp³-hybridized carbons (Fsp3) is 0.250. The van der Waals surface area contributed by atoms with Crippen LogP contribution in [0.25, 0.3) is 0 Å². The van der Waals surface area contributed by atoms with Gasteiger partial charge in [-0.15, -0.1) is 0 Å². The first-order valence-electron chi connectivity index (χ1n) is 6.87. The molecule has 2 rings (SSSR count). The summed E-state index contributed by atoms with van der Waals surface area (Å²) in [4.78, 5) is 0.0574. The summed E-state index contributed by atoms with van der Waals surface area (Å²) in [6, 6.07) is 11.0. The Balaban J connectivity index is 1.98. The van der Waals surface area contributed by atoms with Gasteiger partial charge in [0, 0.05) is 6.54 Å². The number of aliphatic hydroxyl groups excluding tert-OH is 1. The molecule has 0 spiro atoms. The zero-order valence-electron chi connectivity index (χ0n) is 12.2. The second kappa shape index (κ2) is 7.00. The molecular formula is C16H18FNO3S. The molecule has 2 aromatic rings. The van der Waals surface area contributed by atoms with Gasteiger partial charge in [-0.1, -0.05) is 24.3 Å². The van der Waals surface area contributed by atoms with Crippen LogP contribution in [0.5, 0.6) is 0 Å². The number of sulfonamides is 1. The van der Waals surface area contributed by atoms with Gasteiger partial charge in [-0.3, -0.25) is 0 Å². The van der Waals surface area contributed by atoms with Gasteiger partial charge in [-0.2, -0.15) is 0 Å². The van der Waals surface area contributed by atoms with Gasteiger partial charge in [-0.25, -0.2) is 17.5 Å². The number of hydrogen-bond donors (Lipinski definition) is 2. The van der Waals surface area contributed by atoms with Crippen molar-refractivity contribution in [2.24, 2.45) is 0 Å². The van der Waals surface area contributed by atoms with E-state index in [-0.39, 0.29) is 18.0 Å². The zero-order chi connectivity index (χ0) is 16.2. The monoisotopic (exact) mass is 323 g/mol. The number of halogens is 1. The molecule has 0 heterocycles. The van der Waals surface area contributed by atoms with Crippen molar-refractivity contribution in [1.82, 2.24) is 4.72 Å². The largest absolute Gasteiger partial charge is 0.392 e. The Bertz CT molecular complexity index is 742. The molecule has 22 heavy (non-hydrogen) atoms. The summed E-state index contributed by atoms with van der Waals surface area (Å²) in [5.74, 6) is -0.428. The fourth-order valence-corrected chi connectivity index (χ4v) is 3.13. The first-order chi connectivity index (χ1) is 10.4. The summed E-state index contributed by atoms with van der Waals surface area (Å²) in [7, 11) is -3.64. The third kappa shape index (κ3) is 4.13. The highest BCUT2D eigenvalue weighted by atomic mass is 32.2. The van der Waals surface area contributed by atoms with Crippen LogP contribution in [0.3, 0.4) is 0 Å². The smallest absolute Gasteiger partial charge is 0.240 e. The first kappa shape index (κ1) is 16.6. The van der Waals surface area contributed by atoms with Crippen LogP contribution >= 0.6 is 0 Å². The average molecular weight is 323 g/mol. The van der Waals surface area contributed by atoms with E-state index in [4.69, 9.17) is 5.11 Å². The third-order valence-corrected chi connectivity index (χ3v) is 4.81. The summed E-state index contributed by atoms with van der Waals surface area (Å²) < 4.78 is 39.9. The van der Waals surface area contributed by atoms with Crippen LogP contribution in [-0.4, -0.2) is 20.1 Å². The highest BCUT2D eigenvalue weighted by Gasteiger charge is 2.14. The third-order valence-electron chi connectivity index (χ3n) is 3.35. The van der Waals surface area contributed by atoms with Crippen molar-refractivity contribution >= 4 is 10.0 Å². The Morgan fingerprint density at radius 3 is 2.32 bits per heavy atom. The Morgan fingerprint density at radius 1 is 1.09 bits per heavy atom. The number of aryl methyl sites for hydroxylation is 1. The first-order valence-corrected chi connectivity index (χ1v) is 8.35. The molecule has 2 N–H and O–H groups in total. The summed E-state index contributed by atoms with van der Waals surface area (Å²) in [6.07, 6.45) is 0.533. The maximum Gasteiger partial charge on any atom is 0.240 e. The summed E-state index contributed by atoms with van der Waals surface area (Å²) in [6.45, 7) is 1.76. The zero-order valence-corrected chi connectivity index (χ0v) is 13.0. The molecule has 0 aromatic heterocycles. The highest BCUT2D eigenvalue weighted by molar-refractivity contribution is 7.89. The van der Waals surface area contributed by atoms with E-state index in [0.717, 1.165) is 17.2 Å². The molecule has 0 saturated heterocycles. The van der Waals surface area contributed by atoms with Crippen molar-refractivity contribution in [1.29, 1.82) is 0 Å². The van der Waals surface area contributed by atoms with Crippen LogP contribution in [0.2, 0.25) is 0 Å². The molecule has 0 aliphatic heterocycles. The van der Waals surface area contributed by atoms with E-state index >= 15 is 0 Å². The predicted octanol–water partition coefficient (Wildman–Crippen LogP) is 2.15. The summed E-state index contributed by atoms with van der Waals surface area (Å²) in [5.41, 5.74) is 2.07. The van der Waals surface area contributed by atoms with E-state index in [9.17, 15) is 12.8 Å². The standard InChI is InChI=1S/C16H18FNO3S/c1-12-10-15(6-7-16(12)17)22(20,21)18-9-8-13-2-4-14(11-19)5-3-13/h2-7,10,18-19H,8-9,11H2,1H3. The molecular weight excluding hydrogens is 305 g/mol. The lowest BCUT2D eigenvalue weighted by Crippen LogP contribution is -2.26. The number of nitrogens with one attached hydrogen (secondary N) is 1. The quantitative estimate of drug-likeness (QED) is 0.856. The molecule has 0 aliphatic carbocycles. The molecule has 6 heteroatoms. The summed E-state index contributed by atoms with van der Waals surface area (Å²) >= 11 is 0. The molecule has 0 unspecified atom stereocenters. The van der Waals surface area contributed by atoms with Gasteiger partial charge in [0.1, 0.15) is 5.82 Å². The maximum absolute atomic E-state index is 13.2. The predicted molar refractivity (Wildman–Crippen MR) is 82.4 cm³/mol. The second-order valence-corrected chi connectivity index (χ2v) is 6.80. The van der Waals surface area contributed by atoms with Gasteiger partial charge in [0.25, 0.3) is 0 Å². The van der Waals surface area contributed by atoms with E-state index in [0.29, 0.717) is 12.0 Å². The van der Waals surface area contributed by atoms with Gasteiger partial charge in [0.15, 0.2) is 0 Å². The molecule has 0 radical (unpaired) electrons. The van der Waals surface area contributed by atoms with Gasteiger partial charge in [-0.05, 0) is 48.2 Å². The van der Waals surface area contributed by atoms with Crippen LogP contribution in [-0.2, 0) is 23.1 Å². The Kier molecular flexibility index (Phi) is 5.28. The van der Waals surface area contributed by atoms with Crippen molar-refractivity contribution < 1.29 is 17.9 Å². The minimum absolute atomic E-state index is 0.0170. The molecule has 2 aromatic carbocycles. The average Bonchev–Trinajstić information content (AvgIpc) is 2.50. The van der Waals surface area contributed by atoms with Crippen LogP contribution in [0.15, 0.2) is 47.4 Å². The number of hydrogen-bond acceptors (Lipinski definition) is 3. The molecule has 0 saturated carbocycles. The van der Waals surface area contributed by atoms with Crippen molar-refractivity contribution in [2.75, 3.05) is 6.54 Å². The summed E-state index contributed by atoms with van der Waals surface area (Å²) in [5, 5.41) is 8.96. The van der Waals surface area contributed by atoms with E-state index in [1.165, 1.54) is 19.1 Å². The molecule has 0 amide bonds. The lowest BCUT2D eigenvalue weighted by Gasteiger charge is -2.08. The number of benzene rings is 2. The molecule has 118 valence electrons. The van der Waals surface area contributed by atoms with Crippen molar-refractivity contribution in [3.63, 3.8) is 0 Å². The van der Waals surface area contributed by atoms with E-state index in [1.807, 2.05) is 12.1 Å². The van der Waals surface area contributed by atoms with E-state index in [2.05, 4.69) is 4.72 Å². The molecule has 0 atom stereocenters. The van der Waals surface area contributed by atoms with Crippen LogP contribution < -0.4 is 4.72 Å². The van der Waals surface area contributed by atoms with Gasteiger partial charge in [0.05, 0.1) is 11.5 Å². The van der Waals surface area contributed by atoms with E-state index < -0.39 is 15.8 Å². The SMILES string of the molecule is Cc1cc(S(=O)(=O)NCCc2ccc(CO)cc2)ccc1F. The normalized spacial score (nSPS) is 11.6.